The molecule has 4 saturated heterocycles. The summed E-state index contributed by atoms with van der Waals surface area (Å²) in [6.45, 7) is 11.9. The van der Waals surface area contributed by atoms with Crippen molar-refractivity contribution in [1.82, 2.24) is 0 Å². The van der Waals surface area contributed by atoms with Gasteiger partial charge >= 0.3 is 5.97 Å². The number of aliphatic hydroxyl groups excluding tert-OH is 4. The maximum Gasteiger partial charge on any atom is 0.313 e. The van der Waals surface area contributed by atoms with E-state index >= 15 is 0 Å². The lowest BCUT2D eigenvalue weighted by Crippen LogP contribution is -2.55. The minimum atomic E-state index is -0.804. The van der Waals surface area contributed by atoms with Crippen molar-refractivity contribution in [1.29, 1.82) is 0 Å². The molecule has 0 amide bonds. The van der Waals surface area contributed by atoms with E-state index in [1.165, 1.54) is 14.2 Å². The summed E-state index contributed by atoms with van der Waals surface area (Å²) < 4.78 is 54.6. The van der Waals surface area contributed by atoms with Gasteiger partial charge in [0.15, 0.2) is 12.6 Å². The summed E-state index contributed by atoms with van der Waals surface area (Å²) in [6, 6.07) is 0. The Balaban J connectivity index is 0.00000429. The van der Waals surface area contributed by atoms with Gasteiger partial charge in [-0.1, -0.05) is 62.8 Å². The quantitative estimate of drug-likeness (QED) is 0.0943. The lowest BCUT2D eigenvalue weighted by Gasteiger charge is -2.44. The summed E-state index contributed by atoms with van der Waals surface area (Å²) in [5.74, 6) is -1.06. The monoisotopic (exact) mass is 894 g/mol. The largest absolute Gasteiger partial charge is 0.469 e. The topological polar surface area (TPSA) is 207 Å². The summed E-state index contributed by atoms with van der Waals surface area (Å²) in [5, 5.41) is 42.5. The molecule has 15 heteroatoms. The van der Waals surface area contributed by atoms with E-state index < -0.39 is 79.5 Å². The number of allylic oxidation sites excluding steroid dienone is 2. The zero-order valence-corrected chi connectivity index (χ0v) is 39.2. The Labute approximate surface area is 375 Å². The predicted molar refractivity (Wildman–Crippen MR) is 237 cm³/mol. The molecule has 0 spiro atoms. The first-order valence-corrected chi connectivity index (χ1v) is 22.9. The normalized spacial score (nSPS) is 38.5. The van der Waals surface area contributed by atoms with Gasteiger partial charge in [-0.05, 0) is 83.1 Å². The number of rotatable bonds is 18. The van der Waals surface area contributed by atoms with Crippen LogP contribution in [0.4, 0.5) is 0 Å². The van der Waals surface area contributed by atoms with Crippen LogP contribution in [0.15, 0.2) is 59.3 Å². The molecule has 5 rings (SSSR count). The lowest BCUT2D eigenvalue weighted by molar-refractivity contribution is -0.317. The van der Waals surface area contributed by atoms with Gasteiger partial charge in [0, 0.05) is 39.4 Å². The average Bonchev–Trinajstić information content (AvgIpc) is 3.70. The number of methoxy groups -OCH3 is 3. The molecule has 0 aromatic rings. The SMILES string of the molecule is CCC(C)C(O)C/C=C\C1CC(O)CC(C/C=C(\C)[C@H](C/C=C/C=C2\COC3C(O)C(C)=CC(C(=O)OC)C23)O[C@H]2CC(OC)[C@@H](O[C@H]3CC(OC)[C@@H](O)C(C)O3)C(C)O2)O1.CN. The second-order valence-corrected chi connectivity index (χ2v) is 17.6. The minimum Gasteiger partial charge on any atom is -0.469 e. The molecule has 0 aromatic heterocycles. The van der Waals surface area contributed by atoms with Gasteiger partial charge < -0.3 is 68.8 Å². The van der Waals surface area contributed by atoms with Crippen LogP contribution in [0.3, 0.4) is 0 Å². The molecule has 360 valence electrons. The first-order valence-electron chi connectivity index (χ1n) is 22.9. The zero-order valence-electron chi connectivity index (χ0n) is 39.2. The van der Waals surface area contributed by atoms with E-state index in [4.69, 9.17) is 42.6 Å². The van der Waals surface area contributed by atoms with Crippen LogP contribution < -0.4 is 5.73 Å². The molecule has 0 bridgehead atoms. The van der Waals surface area contributed by atoms with E-state index in [1.54, 1.807) is 34.1 Å². The number of hydrogen-bond donors (Lipinski definition) is 5. The maximum atomic E-state index is 12.8. The van der Waals surface area contributed by atoms with Gasteiger partial charge in [-0.25, -0.2) is 0 Å². The molecule has 6 N–H and O–H groups in total. The van der Waals surface area contributed by atoms with Crippen molar-refractivity contribution in [2.45, 2.75) is 185 Å². The van der Waals surface area contributed by atoms with Crippen molar-refractivity contribution in [3.63, 3.8) is 0 Å². The summed E-state index contributed by atoms with van der Waals surface area (Å²) in [6.07, 6.45) is 10.7. The van der Waals surface area contributed by atoms with Crippen LogP contribution >= 0.6 is 0 Å². The molecule has 0 radical (unpaired) electrons. The average molecular weight is 894 g/mol. The number of aliphatic hydroxyl groups is 4. The Kier molecular flexibility index (Phi) is 22.1. The second kappa shape index (κ2) is 26.1. The third-order valence-corrected chi connectivity index (χ3v) is 13.3. The Morgan fingerprint density at radius 3 is 2.33 bits per heavy atom. The van der Waals surface area contributed by atoms with Crippen molar-refractivity contribution in [2.24, 2.45) is 23.5 Å². The van der Waals surface area contributed by atoms with Crippen LogP contribution in [0.2, 0.25) is 0 Å². The number of carbonyl (C=O) groups is 1. The molecule has 0 aromatic carbocycles. The van der Waals surface area contributed by atoms with Crippen LogP contribution in [0.5, 0.6) is 0 Å². The summed E-state index contributed by atoms with van der Waals surface area (Å²) in [7, 11) is 6.07. The molecule has 13 unspecified atom stereocenters. The van der Waals surface area contributed by atoms with Gasteiger partial charge in [-0.15, -0.1) is 0 Å². The van der Waals surface area contributed by atoms with E-state index in [0.29, 0.717) is 57.1 Å². The third-order valence-electron chi connectivity index (χ3n) is 13.3. The predicted octanol–water partition coefficient (Wildman–Crippen LogP) is 4.59. The number of hydrogen-bond acceptors (Lipinski definition) is 15. The number of ether oxygens (including phenoxy) is 9. The fraction of sp³-hybridized carbons (Fsp3) is 0.771. The van der Waals surface area contributed by atoms with Gasteiger partial charge in [0.25, 0.3) is 0 Å². The lowest BCUT2D eigenvalue weighted by atomic mass is 9.75. The van der Waals surface area contributed by atoms with Crippen LogP contribution in [-0.4, -0.2) is 153 Å². The smallest absolute Gasteiger partial charge is 0.313 e. The Morgan fingerprint density at radius 1 is 0.952 bits per heavy atom. The second-order valence-electron chi connectivity index (χ2n) is 17.6. The van der Waals surface area contributed by atoms with Gasteiger partial charge in [-0.3, -0.25) is 4.79 Å². The minimum absolute atomic E-state index is 0.207. The van der Waals surface area contributed by atoms with E-state index in [2.05, 4.69) is 18.7 Å². The third kappa shape index (κ3) is 14.6. The van der Waals surface area contributed by atoms with Crippen LogP contribution in [0.25, 0.3) is 0 Å². The Hall–Kier alpha value is -2.35. The standard InChI is InChI=1S/C47H74O14.CH5N/c1-10-26(2)36(49)16-13-15-33-21-32(48)22-34(59-33)19-18-27(3)37(17-12-11-14-31-25-56-46-42(31)35(47(52)55-9)20-28(4)43(46)50)60-40-24-39(54-8)45(30(6)58-40)61-41-23-38(53-7)44(51)29(5)57-41;1-2/h11-15,18,20,26,29-30,32-46,48-51H,10,16-17,19,21-25H2,1-9H3;2H2,1H3/b12-11+,15-13-,27-18+,31-14+;/t26?,29?,30?,32?,33?,34?,35?,36?,37-,38?,39?,40-,41-,42?,43?,44-,45-,46?;/m0./s1. The number of nitrogens with two attached hydrogens (primary N) is 1. The summed E-state index contributed by atoms with van der Waals surface area (Å²) in [5.41, 5.74) is 7.06. The molecule has 15 nitrogen and oxygen atoms in total. The molecule has 0 saturated carbocycles. The van der Waals surface area contributed by atoms with Crippen molar-refractivity contribution in [3.8, 4) is 0 Å². The van der Waals surface area contributed by atoms with Crippen molar-refractivity contribution < 1.29 is 67.9 Å². The van der Waals surface area contributed by atoms with Crippen LogP contribution in [0, 0.1) is 17.8 Å². The fourth-order valence-electron chi connectivity index (χ4n) is 9.15. The van der Waals surface area contributed by atoms with Gasteiger partial charge in [-0.2, -0.15) is 0 Å². The highest BCUT2D eigenvalue weighted by Gasteiger charge is 2.48. The van der Waals surface area contributed by atoms with Gasteiger partial charge in [0.05, 0.1) is 80.7 Å². The molecular formula is C48H79NO14. The molecule has 18 atom stereocenters. The van der Waals surface area contributed by atoms with E-state index in [1.807, 2.05) is 51.2 Å². The maximum absolute atomic E-state index is 12.8. The molecule has 4 fully saturated rings. The first kappa shape index (κ1) is 53.3. The molecule has 5 aliphatic rings. The van der Waals surface area contributed by atoms with Crippen LogP contribution in [-0.2, 0) is 47.4 Å². The highest BCUT2D eigenvalue weighted by molar-refractivity contribution is 5.76. The molecule has 4 heterocycles. The van der Waals surface area contributed by atoms with E-state index in [9.17, 15) is 25.2 Å². The van der Waals surface area contributed by atoms with Crippen LogP contribution in [0.1, 0.15) is 92.9 Å². The highest BCUT2D eigenvalue weighted by Crippen LogP contribution is 2.42. The number of esters is 1. The van der Waals surface area contributed by atoms with E-state index in [-0.39, 0.29) is 36.1 Å². The molecule has 63 heavy (non-hydrogen) atoms. The molecule has 1 aliphatic carbocycles. The zero-order chi connectivity index (χ0) is 46.4. The van der Waals surface area contributed by atoms with Crippen molar-refractivity contribution in [3.05, 3.63) is 59.3 Å². The Morgan fingerprint density at radius 2 is 1.65 bits per heavy atom. The van der Waals surface area contributed by atoms with Crippen molar-refractivity contribution in [2.75, 3.05) is 35.0 Å². The first-order chi connectivity index (χ1) is 30.2. The van der Waals surface area contributed by atoms with E-state index in [0.717, 1.165) is 17.6 Å². The molecule has 4 aliphatic heterocycles. The Bertz CT molecular complexity index is 1550. The number of carbonyl (C=O) groups excluding carboxylic acids is 1. The number of fused-ring (bicyclic) bond motifs is 1. The fourth-order valence-corrected chi connectivity index (χ4v) is 9.15. The van der Waals surface area contributed by atoms with Gasteiger partial charge in [0.1, 0.15) is 18.3 Å². The van der Waals surface area contributed by atoms with Gasteiger partial charge in [0.2, 0.25) is 0 Å². The summed E-state index contributed by atoms with van der Waals surface area (Å²) in [4.78, 5) is 12.8. The molecular weight excluding hydrogens is 815 g/mol. The summed E-state index contributed by atoms with van der Waals surface area (Å²) >= 11 is 0. The van der Waals surface area contributed by atoms with Crippen molar-refractivity contribution >= 4 is 5.97 Å². The highest BCUT2D eigenvalue weighted by atomic mass is 16.7.